The molecule has 0 bridgehead atoms. The van der Waals surface area contributed by atoms with Crippen LogP contribution in [0.25, 0.3) is 5.57 Å². The molecule has 0 saturated heterocycles. The van der Waals surface area contributed by atoms with Gasteiger partial charge in [-0.3, -0.25) is 0 Å². The summed E-state index contributed by atoms with van der Waals surface area (Å²) < 4.78 is 0. The summed E-state index contributed by atoms with van der Waals surface area (Å²) in [6.45, 7) is 14.2. The molecule has 0 radical (unpaired) electrons. The van der Waals surface area contributed by atoms with Gasteiger partial charge in [-0.15, -0.1) is 13.2 Å². The highest BCUT2D eigenvalue weighted by Crippen LogP contribution is 2.16. The molecule has 1 aromatic carbocycles. The zero-order valence-electron chi connectivity index (χ0n) is 12.4. The van der Waals surface area contributed by atoms with Crippen LogP contribution in [-0.2, 0) is 0 Å². The van der Waals surface area contributed by atoms with Gasteiger partial charge in [-0.1, -0.05) is 80.5 Å². The molecule has 0 aliphatic carbocycles. The van der Waals surface area contributed by atoms with Gasteiger partial charge in [-0.2, -0.15) is 0 Å². The largest absolute Gasteiger partial charge is 0.106 e. The molecule has 0 aliphatic heterocycles. The molecule has 102 valence electrons. The quantitative estimate of drug-likeness (QED) is 0.326. The van der Waals surface area contributed by atoms with Crippen LogP contribution in [0.3, 0.4) is 0 Å². The molecule has 1 rings (SSSR count). The predicted octanol–water partition coefficient (Wildman–Crippen LogP) is 6.11. The Hall–Kier alpha value is -1.82. The van der Waals surface area contributed by atoms with Gasteiger partial charge in [-0.25, -0.2) is 0 Å². The molecule has 0 aliphatic rings. The van der Waals surface area contributed by atoms with Crippen molar-refractivity contribution in [1.82, 2.24) is 0 Å². The van der Waals surface area contributed by atoms with Crippen molar-refractivity contribution in [2.45, 2.75) is 33.1 Å². The zero-order valence-corrected chi connectivity index (χ0v) is 12.4. The van der Waals surface area contributed by atoms with Crippen molar-refractivity contribution in [3.63, 3.8) is 0 Å². The first kappa shape index (κ1) is 17.2. The molecular weight excluding hydrogens is 228 g/mol. The summed E-state index contributed by atoms with van der Waals surface area (Å²) in [5, 5.41) is 0. The van der Waals surface area contributed by atoms with Crippen molar-refractivity contribution in [3.8, 4) is 0 Å². The lowest BCUT2D eigenvalue weighted by atomic mass is 10.0. The zero-order chi connectivity index (χ0) is 14.5. The van der Waals surface area contributed by atoms with Crippen LogP contribution in [0, 0.1) is 6.92 Å². The van der Waals surface area contributed by atoms with Crippen LogP contribution in [0.4, 0.5) is 0 Å². The summed E-state index contributed by atoms with van der Waals surface area (Å²) in [5.41, 5.74) is 3.69. The molecular formula is C19H26. The summed E-state index contributed by atoms with van der Waals surface area (Å²) in [5.74, 6) is 0. The highest BCUT2D eigenvalue weighted by Gasteiger charge is 1.94. The highest BCUT2D eigenvalue weighted by molar-refractivity contribution is 5.74. The maximum Gasteiger partial charge on any atom is -0.0184 e. The van der Waals surface area contributed by atoms with E-state index in [-0.39, 0.29) is 0 Å². The summed E-state index contributed by atoms with van der Waals surface area (Å²) >= 11 is 0. The minimum Gasteiger partial charge on any atom is -0.106 e. The number of hydrogen-bond donors (Lipinski definition) is 0. The molecule has 0 saturated carbocycles. The Labute approximate surface area is 118 Å². The molecule has 0 heterocycles. The van der Waals surface area contributed by atoms with Gasteiger partial charge in [-0.05, 0) is 24.5 Å². The standard InChI is InChI=1S/C17H22.C2H4/c1-4-6-7-8-9-10-16(5-2)17-13-11-15(3)12-14-17;1-2/h5,8-14H,2,4,6-7H2,1,3H3;1-2H2/b9-8+,16-10+;. The fraction of sp³-hybridized carbons (Fsp3) is 0.263. The molecule has 0 spiro atoms. The number of hydrogen-bond acceptors (Lipinski definition) is 0. The lowest BCUT2D eigenvalue weighted by Gasteiger charge is -2.01. The average Bonchev–Trinajstić information content (AvgIpc) is 2.46. The normalized spacial score (nSPS) is 10.9. The Morgan fingerprint density at radius 3 is 2.32 bits per heavy atom. The van der Waals surface area contributed by atoms with Crippen LogP contribution in [-0.4, -0.2) is 0 Å². The molecule has 19 heavy (non-hydrogen) atoms. The fourth-order valence-electron chi connectivity index (χ4n) is 1.62. The van der Waals surface area contributed by atoms with Crippen molar-refractivity contribution in [1.29, 1.82) is 0 Å². The van der Waals surface area contributed by atoms with E-state index in [1.54, 1.807) is 0 Å². The van der Waals surface area contributed by atoms with E-state index in [1.165, 1.54) is 29.5 Å². The first-order valence-corrected chi connectivity index (χ1v) is 6.84. The van der Waals surface area contributed by atoms with E-state index in [2.05, 4.69) is 76.1 Å². The first-order chi connectivity index (χ1) is 9.27. The van der Waals surface area contributed by atoms with Crippen molar-refractivity contribution >= 4 is 5.57 Å². The minimum atomic E-state index is 1.16. The highest BCUT2D eigenvalue weighted by atomic mass is 14.0. The first-order valence-electron chi connectivity index (χ1n) is 6.84. The van der Waals surface area contributed by atoms with Crippen molar-refractivity contribution in [3.05, 3.63) is 79.4 Å². The van der Waals surface area contributed by atoms with Crippen molar-refractivity contribution in [2.75, 3.05) is 0 Å². The van der Waals surface area contributed by atoms with Gasteiger partial charge in [0, 0.05) is 0 Å². The molecule has 0 heteroatoms. The fourth-order valence-corrected chi connectivity index (χ4v) is 1.62. The number of allylic oxidation sites excluding steroid dienone is 5. The summed E-state index contributed by atoms with van der Waals surface area (Å²) in [7, 11) is 0. The van der Waals surface area contributed by atoms with E-state index in [0.717, 1.165) is 6.42 Å². The van der Waals surface area contributed by atoms with Gasteiger partial charge in [0.15, 0.2) is 0 Å². The lowest BCUT2D eigenvalue weighted by Crippen LogP contribution is -1.80. The Morgan fingerprint density at radius 2 is 1.79 bits per heavy atom. The number of aryl methyl sites for hydroxylation is 1. The molecule has 0 unspecified atom stereocenters. The summed E-state index contributed by atoms with van der Waals surface area (Å²) in [6.07, 6.45) is 12.1. The molecule has 0 fully saturated rings. The maximum absolute atomic E-state index is 3.87. The molecule has 0 amide bonds. The summed E-state index contributed by atoms with van der Waals surface area (Å²) in [4.78, 5) is 0. The Balaban J connectivity index is 0.00000154. The molecule has 1 aromatic rings. The van der Waals surface area contributed by atoms with E-state index in [4.69, 9.17) is 0 Å². The smallest absolute Gasteiger partial charge is 0.0184 e. The second-order valence-corrected chi connectivity index (χ2v) is 4.26. The van der Waals surface area contributed by atoms with Crippen LogP contribution in [0.1, 0.15) is 37.3 Å². The van der Waals surface area contributed by atoms with Gasteiger partial charge >= 0.3 is 0 Å². The third-order valence-electron chi connectivity index (χ3n) is 2.74. The monoisotopic (exact) mass is 254 g/mol. The van der Waals surface area contributed by atoms with Gasteiger partial charge in [0.2, 0.25) is 0 Å². The van der Waals surface area contributed by atoms with E-state index < -0.39 is 0 Å². The summed E-state index contributed by atoms with van der Waals surface area (Å²) in [6, 6.07) is 8.55. The van der Waals surface area contributed by atoms with Crippen molar-refractivity contribution < 1.29 is 0 Å². The lowest BCUT2D eigenvalue weighted by molar-refractivity contribution is 0.815. The predicted molar refractivity (Wildman–Crippen MR) is 89.3 cm³/mol. The third kappa shape index (κ3) is 7.25. The Morgan fingerprint density at radius 1 is 1.16 bits per heavy atom. The second-order valence-electron chi connectivity index (χ2n) is 4.26. The van der Waals surface area contributed by atoms with Crippen LogP contribution in [0.5, 0.6) is 0 Å². The second kappa shape index (κ2) is 11.3. The maximum atomic E-state index is 3.87. The average molecular weight is 254 g/mol. The topological polar surface area (TPSA) is 0 Å². The van der Waals surface area contributed by atoms with Crippen LogP contribution >= 0.6 is 0 Å². The molecule has 0 N–H and O–H groups in total. The van der Waals surface area contributed by atoms with Crippen LogP contribution in [0.2, 0.25) is 0 Å². The minimum absolute atomic E-state index is 1.16. The SMILES string of the molecule is C=C.C=C/C(=C\C=C\CCCC)c1ccc(C)cc1. The van der Waals surface area contributed by atoms with E-state index in [9.17, 15) is 0 Å². The molecule has 0 nitrogen and oxygen atoms in total. The number of rotatable bonds is 6. The van der Waals surface area contributed by atoms with Gasteiger partial charge in [0.05, 0.1) is 0 Å². The number of benzene rings is 1. The molecule has 0 aromatic heterocycles. The third-order valence-corrected chi connectivity index (χ3v) is 2.74. The number of unbranched alkanes of at least 4 members (excludes halogenated alkanes) is 2. The Kier molecular flexibility index (Phi) is 10.2. The van der Waals surface area contributed by atoms with E-state index in [0.29, 0.717) is 0 Å². The van der Waals surface area contributed by atoms with E-state index in [1.807, 2.05) is 6.08 Å². The molecule has 0 atom stereocenters. The van der Waals surface area contributed by atoms with Crippen molar-refractivity contribution in [2.24, 2.45) is 0 Å². The van der Waals surface area contributed by atoms with Gasteiger partial charge in [0.1, 0.15) is 0 Å². The van der Waals surface area contributed by atoms with Gasteiger partial charge < -0.3 is 0 Å². The van der Waals surface area contributed by atoms with Crippen LogP contribution in [0.15, 0.2) is 68.3 Å². The Bertz CT molecular complexity index is 404. The van der Waals surface area contributed by atoms with Crippen LogP contribution < -0.4 is 0 Å². The van der Waals surface area contributed by atoms with Gasteiger partial charge in [0.25, 0.3) is 0 Å². The van der Waals surface area contributed by atoms with E-state index >= 15 is 0 Å².